The number of imide groups is 3. The van der Waals surface area contributed by atoms with Crippen molar-refractivity contribution in [2.75, 3.05) is 92.3 Å². The van der Waals surface area contributed by atoms with Crippen LogP contribution in [0.4, 0.5) is 0 Å². The molecule has 0 radical (unpaired) electrons. The van der Waals surface area contributed by atoms with Gasteiger partial charge in [0.25, 0.3) is 17.7 Å². The van der Waals surface area contributed by atoms with Crippen LogP contribution >= 0.6 is 0 Å². The zero-order valence-corrected chi connectivity index (χ0v) is 28.5. The summed E-state index contributed by atoms with van der Waals surface area (Å²) >= 11 is 0. The van der Waals surface area contributed by atoms with Crippen LogP contribution in [0.3, 0.4) is 0 Å². The molecule has 284 valence electrons. The molecule has 3 atom stereocenters. The highest BCUT2D eigenvalue weighted by Crippen LogP contribution is 2.19. The normalized spacial score (nSPS) is 19.4. The summed E-state index contributed by atoms with van der Waals surface area (Å²) in [6, 6.07) is 0. The predicted octanol–water partition coefficient (Wildman–Crippen LogP) is -2.52. The largest absolute Gasteiger partial charge is 0.389 e. The average molecular weight is 726 g/mol. The lowest BCUT2D eigenvalue weighted by molar-refractivity contribution is -0.141. The van der Waals surface area contributed by atoms with Gasteiger partial charge < -0.3 is 43.7 Å². The van der Waals surface area contributed by atoms with Gasteiger partial charge in [0.2, 0.25) is 17.7 Å². The van der Waals surface area contributed by atoms with Crippen molar-refractivity contribution in [2.45, 2.75) is 43.7 Å². The van der Waals surface area contributed by atoms with Gasteiger partial charge in [0.1, 0.15) is 6.10 Å². The van der Waals surface area contributed by atoms with Crippen molar-refractivity contribution in [3.63, 3.8) is 0 Å². The molecule has 3 unspecified atom stereocenters. The van der Waals surface area contributed by atoms with Crippen LogP contribution in [0.1, 0.15) is 19.3 Å². The molecule has 18 heteroatoms. The molecule has 0 aliphatic carbocycles. The van der Waals surface area contributed by atoms with E-state index in [2.05, 4.69) is 19.7 Å². The highest BCUT2D eigenvalue weighted by atomic mass is 16.6. The summed E-state index contributed by atoms with van der Waals surface area (Å²) in [6.45, 7) is 10.2. The Hall–Kier alpha value is -3.72. The molecule has 0 spiro atoms. The van der Waals surface area contributed by atoms with Crippen LogP contribution in [-0.4, -0.2) is 182 Å². The molecule has 3 heterocycles. The molecule has 3 aliphatic heterocycles. The van der Waals surface area contributed by atoms with E-state index in [1.807, 2.05) is 0 Å². The highest BCUT2D eigenvalue weighted by molar-refractivity contribution is 6.14. The maximum Gasteiger partial charge on any atom is 0.256 e. The smallest absolute Gasteiger partial charge is 0.256 e. The topological polar surface area (TPSA) is 228 Å². The van der Waals surface area contributed by atoms with Crippen LogP contribution in [-0.2, 0) is 57.2 Å². The first-order valence-corrected chi connectivity index (χ1v) is 16.4. The number of β-amino-alcohol motifs (C(OH)–C–C–N with tert-alkyl or cyclic N) is 3. The SMILES string of the molecule is C=C1CC(=O)N(CC(O)COCCOCC(COCCOCC(O)CN2C(=O)CC(=C)C2=O)OCCOCC(O)CN2C(=O)CC(=C)C2=O)C1=O. The fraction of sp³-hybridized carbons (Fsp3) is 0.636. The van der Waals surface area contributed by atoms with E-state index < -0.39 is 59.9 Å². The minimum absolute atomic E-state index is 0.0644. The van der Waals surface area contributed by atoms with E-state index in [4.69, 9.17) is 28.4 Å². The highest BCUT2D eigenvalue weighted by Gasteiger charge is 2.35. The van der Waals surface area contributed by atoms with Crippen LogP contribution in [0.25, 0.3) is 0 Å². The van der Waals surface area contributed by atoms with Crippen molar-refractivity contribution in [1.82, 2.24) is 14.7 Å². The Kier molecular flexibility index (Phi) is 17.1. The van der Waals surface area contributed by atoms with Crippen molar-refractivity contribution in [1.29, 1.82) is 0 Å². The average Bonchev–Trinajstić information content (AvgIpc) is 3.57. The number of rotatable bonds is 26. The Morgan fingerprint density at radius 3 is 1.02 bits per heavy atom. The van der Waals surface area contributed by atoms with Crippen molar-refractivity contribution in [3.8, 4) is 0 Å². The molecule has 3 rings (SSSR count). The molecule has 3 saturated heterocycles. The number of aliphatic hydroxyl groups is 3. The van der Waals surface area contributed by atoms with Crippen molar-refractivity contribution >= 4 is 35.4 Å². The fourth-order valence-electron chi connectivity index (χ4n) is 5.06. The summed E-state index contributed by atoms with van der Waals surface area (Å²) < 4.78 is 33.3. The summed E-state index contributed by atoms with van der Waals surface area (Å²) in [4.78, 5) is 74.2. The Balaban J connectivity index is 1.32. The quantitative estimate of drug-likeness (QED) is 0.0475. The first-order valence-electron chi connectivity index (χ1n) is 16.4. The summed E-state index contributed by atoms with van der Waals surface area (Å²) in [5.74, 6) is -2.81. The number of carbonyl (C=O) groups is 6. The third kappa shape index (κ3) is 13.4. The van der Waals surface area contributed by atoms with Crippen LogP contribution in [0, 0.1) is 0 Å². The summed E-state index contributed by atoms with van der Waals surface area (Å²) in [5.41, 5.74) is 0.523. The second-order valence-corrected chi connectivity index (χ2v) is 12.1. The number of ether oxygens (including phenoxy) is 6. The van der Waals surface area contributed by atoms with Gasteiger partial charge in [0.05, 0.1) is 130 Å². The molecule has 6 amide bonds. The number of likely N-dealkylation sites (tertiary alicyclic amines) is 3. The van der Waals surface area contributed by atoms with Gasteiger partial charge in [0, 0.05) is 16.7 Å². The molecule has 0 aromatic heterocycles. The molecule has 3 fully saturated rings. The van der Waals surface area contributed by atoms with Crippen LogP contribution in [0.15, 0.2) is 36.5 Å². The van der Waals surface area contributed by atoms with Gasteiger partial charge in [-0.1, -0.05) is 19.7 Å². The second kappa shape index (κ2) is 21.0. The van der Waals surface area contributed by atoms with Crippen molar-refractivity contribution in [3.05, 3.63) is 36.5 Å². The van der Waals surface area contributed by atoms with Gasteiger partial charge in [0.15, 0.2) is 0 Å². The fourth-order valence-corrected chi connectivity index (χ4v) is 5.06. The molecule has 0 saturated carbocycles. The molecule has 0 bridgehead atoms. The van der Waals surface area contributed by atoms with Crippen LogP contribution in [0.5, 0.6) is 0 Å². The third-order valence-electron chi connectivity index (χ3n) is 7.68. The van der Waals surface area contributed by atoms with E-state index in [-0.39, 0.29) is 128 Å². The molecular weight excluding hydrogens is 678 g/mol. The second-order valence-electron chi connectivity index (χ2n) is 12.1. The molecule has 0 aromatic rings. The van der Waals surface area contributed by atoms with Gasteiger partial charge in [-0.3, -0.25) is 43.5 Å². The van der Waals surface area contributed by atoms with E-state index in [0.717, 1.165) is 14.7 Å². The van der Waals surface area contributed by atoms with E-state index in [1.165, 1.54) is 0 Å². The maximum atomic E-state index is 12.0. The Bertz CT molecular complexity index is 1250. The van der Waals surface area contributed by atoms with Crippen molar-refractivity contribution < 1.29 is 72.5 Å². The molecule has 51 heavy (non-hydrogen) atoms. The van der Waals surface area contributed by atoms with Gasteiger partial charge >= 0.3 is 0 Å². The zero-order chi connectivity index (χ0) is 37.5. The Morgan fingerprint density at radius 2 is 0.745 bits per heavy atom. The zero-order valence-electron chi connectivity index (χ0n) is 28.5. The van der Waals surface area contributed by atoms with Gasteiger partial charge in [-0.2, -0.15) is 0 Å². The number of nitrogens with zero attached hydrogens (tertiary/aromatic N) is 3. The number of hydrogen-bond acceptors (Lipinski definition) is 15. The first kappa shape index (κ1) is 41.7. The molecule has 3 N–H and O–H groups in total. The number of hydrogen-bond donors (Lipinski definition) is 3. The van der Waals surface area contributed by atoms with Gasteiger partial charge in [-0.05, 0) is 0 Å². The third-order valence-corrected chi connectivity index (χ3v) is 7.68. The molecule has 3 aliphatic rings. The maximum absolute atomic E-state index is 12.0. The number of amides is 6. The molecule has 0 aromatic carbocycles. The summed E-state index contributed by atoms with van der Waals surface area (Å²) in [6.07, 6.45) is -4.07. The molecular formula is C33H47N3O15. The Labute approximate surface area is 295 Å². The number of carbonyl (C=O) groups excluding carboxylic acids is 6. The standard InChI is InChI=1S/C33H47N3O15/c1-21-10-28(40)34(31(21)43)13-24(37)16-46-4-6-49-19-27(51-9-8-48-18-26(39)15-36-30(42)12-23(3)33(36)45)20-50-7-5-47-17-25(38)14-35-29(41)11-22(2)32(35)44/h24-27,37-39H,1-20H2. The first-order chi connectivity index (χ1) is 24.3. The minimum Gasteiger partial charge on any atom is -0.389 e. The lowest BCUT2D eigenvalue weighted by Gasteiger charge is -2.20. The van der Waals surface area contributed by atoms with Crippen molar-refractivity contribution in [2.24, 2.45) is 0 Å². The van der Waals surface area contributed by atoms with E-state index >= 15 is 0 Å². The monoisotopic (exact) mass is 725 g/mol. The van der Waals surface area contributed by atoms with Crippen LogP contribution < -0.4 is 0 Å². The molecule has 18 nitrogen and oxygen atoms in total. The Morgan fingerprint density at radius 1 is 0.471 bits per heavy atom. The predicted molar refractivity (Wildman–Crippen MR) is 173 cm³/mol. The lowest BCUT2D eigenvalue weighted by Crippen LogP contribution is -2.38. The number of aliphatic hydroxyl groups excluding tert-OH is 3. The van der Waals surface area contributed by atoms with E-state index in [0.29, 0.717) is 0 Å². The van der Waals surface area contributed by atoms with E-state index in [1.54, 1.807) is 0 Å². The van der Waals surface area contributed by atoms with E-state index in [9.17, 15) is 44.1 Å². The minimum atomic E-state index is -1.10. The van der Waals surface area contributed by atoms with Gasteiger partial charge in [-0.15, -0.1) is 0 Å². The lowest BCUT2D eigenvalue weighted by atomic mass is 10.3. The van der Waals surface area contributed by atoms with Crippen LogP contribution in [0.2, 0.25) is 0 Å². The summed E-state index contributed by atoms with van der Waals surface area (Å²) in [7, 11) is 0. The summed E-state index contributed by atoms with van der Waals surface area (Å²) in [5, 5.41) is 30.5. The van der Waals surface area contributed by atoms with Gasteiger partial charge in [-0.25, -0.2) is 0 Å².